The Balaban J connectivity index is 2.33. The molecule has 0 aromatic carbocycles. The van der Waals surface area contributed by atoms with Crippen molar-refractivity contribution in [3.8, 4) is 0 Å². The van der Waals surface area contributed by atoms with Crippen LogP contribution in [0.2, 0.25) is 0 Å². The molecule has 0 radical (unpaired) electrons. The van der Waals surface area contributed by atoms with E-state index in [4.69, 9.17) is 0 Å². The molecule has 1 amide bonds. The summed E-state index contributed by atoms with van der Waals surface area (Å²) in [5.41, 5.74) is -0.891. The number of carboxylic acids is 1. The minimum atomic E-state index is -0.891. The zero-order valence-electron chi connectivity index (χ0n) is 12.2. The molecule has 19 heavy (non-hydrogen) atoms. The van der Waals surface area contributed by atoms with Crippen molar-refractivity contribution in [2.24, 2.45) is 11.3 Å². The second kappa shape index (κ2) is 7.51. The van der Waals surface area contributed by atoms with Crippen molar-refractivity contribution in [1.29, 1.82) is 0 Å². The Bertz CT molecular complexity index is 305. The maximum Gasteiger partial charge on any atom is 0.310 e. The van der Waals surface area contributed by atoms with Gasteiger partial charge in [0.25, 0.3) is 0 Å². The maximum atomic E-state index is 11.9. The third-order valence-corrected chi connectivity index (χ3v) is 4.66. The second-order valence-corrected chi connectivity index (χ2v) is 5.76. The van der Waals surface area contributed by atoms with Gasteiger partial charge in [-0.15, -0.1) is 0 Å². The Labute approximate surface area is 116 Å². The summed E-state index contributed by atoms with van der Waals surface area (Å²) in [4.78, 5) is 23.2. The van der Waals surface area contributed by atoms with Gasteiger partial charge in [-0.2, -0.15) is 0 Å². The van der Waals surface area contributed by atoms with Gasteiger partial charge in [0.2, 0.25) is 5.91 Å². The van der Waals surface area contributed by atoms with Gasteiger partial charge in [0.05, 0.1) is 5.41 Å². The monoisotopic (exact) mass is 269 g/mol. The Morgan fingerprint density at radius 3 is 2.26 bits per heavy atom. The average molecular weight is 269 g/mol. The van der Waals surface area contributed by atoms with Gasteiger partial charge >= 0.3 is 5.97 Å². The largest absolute Gasteiger partial charge is 0.481 e. The highest BCUT2D eigenvalue weighted by molar-refractivity contribution is 5.84. The SMILES string of the molecule is CCC(CC)(CC(=O)NCCC1CCCC1)C(=O)O. The van der Waals surface area contributed by atoms with E-state index in [-0.39, 0.29) is 12.3 Å². The van der Waals surface area contributed by atoms with Crippen LogP contribution >= 0.6 is 0 Å². The topological polar surface area (TPSA) is 66.4 Å². The van der Waals surface area contributed by atoms with Crippen LogP contribution in [0.1, 0.15) is 65.2 Å². The average Bonchev–Trinajstić information content (AvgIpc) is 2.89. The third-order valence-electron chi connectivity index (χ3n) is 4.66. The summed E-state index contributed by atoms with van der Waals surface area (Å²) in [6.07, 6.45) is 7.30. The molecule has 0 aromatic heterocycles. The lowest BCUT2D eigenvalue weighted by atomic mass is 9.79. The van der Waals surface area contributed by atoms with Crippen LogP contribution in [0.4, 0.5) is 0 Å². The summed E-state index contributed by atoms with van der Waals surface area (Å²) in [7, 11) is 0. The fraction of sp³-hybridized carbons (Fsp3) is 0.867. The summed E-state index contributed by atoms with van der Waals surface area (Å²) < 4.78 is 0. The lowest BCUT2D eigenvalue weighted by molar-refractivity contribution is -0.152. The number of carboxylic acid groups (broad SMARTS) is 1. The van der Waals surface area contributed by atoms with Gasteiger partial charge in [-0.1, -0.05) is 39.5 Å². The molecule has 0 bridgehead atoms. The zero-order chi connectivity index (χ0) is 14.3. The number of carbonyl (C=O) groups is 2. The molecule has 0 spiro atoms. The first kappa shape index (κ1) is 16.0. The number of carbonyl (C=O) groups excluding carboxylic acids is 1. The Morgan fingerprint density at radius 2 is 1.79 bits per heavy atom. The molecule has 0 aliphatic heterocycles. The van der Waals surface area contributed by atoms with Crippen LogP contribution in [0, 0.1) is 11.3 Å². The Hall–Kier alpha value is -1.06. The number of hydrogen-bond donors (Lipinski definition) is 2. The van der Waals surface area contributed by atoms with E-state index in [9.17, 15) is 14.7 Å². The van der Waals surface area contributed by atoms with Crippen LogP contribution in [0.5, 0.6) is 0 Å². The third kappa shape index (κ3) is 4.51. The van der Waals surface area contributed by atoms with Crippen LogP contribution < -0.4 is 5.32 Å². The van der Waals surface area contributed by atoms with Crippen molar-refractivity contribution in [3.63, 3.8) is 0 Å². The number of nitrogens with one attached hydrogen (secondary N) is 1. The minimum Gasteiger partial charge on any atom is -0.481 e. The number of aliphatic carboxylic acids is 1. The van der Waals surface area contributed by atoms with Gasteiger partial charge in [-0.05, 0) is 25.2 Å². The quantitative estimate of drug-likeness (QED) is 0.712. The molecule has 0 saturated heterocycles. The van der Waals surface area contributed by atoms with E-state index in [0.717, 1.165) is 12.3 Å². The van der Waals surface area contributed by atoms with Crippen molar-refractivity contribution in [2.75, 3.05) is 6.54 Å². The first-order valence-electron chi connectivity index (χ1n) is 7.54. The number of amides is 1. The fourth-order valence-corrected chi connectivity index (χ4v) is 2.96. The summed E-state index contributed by atoms with van der Waals surface area (Å²) in [5.74, 6) is -0.227. The van der Waals surface area contributed by atoms with Crippen LogP contribution in [0.15, 0.2) is 0 Å². The Kier molecular flexibility index (Phi) is 6.32. The van der Waals surface area contributed by atoms with Crippen LogP contribution in [-0.4, -0.2) is 23.5 Å². The molecule has 0 atom stereocenters. The molecule has 1 aliphatic carbocycles. The van der Waals surface area contributed by atoms with Crippen LogP contribution in [-0.2, 0) is 9.59 Å². The van der Waals surface area contributed by atoms with Crippen molar-refractivity contribution >= 4 is 11.9 Å². The molecular formula is C15H27NO3. The molecule has 1 saturated carbocycles. The summed E-state index contributed by atoms with van der Waals surface area (Å²) >= 11 is 0. The van der Waals surface area contributed by atoms with Crippen molar-refractivity contribution < 1.29 is 14.7 Å². The van der Waals surface area contributed by atoms with E-state index >= 15 is 0 Å². The van der Waals surface area contributed by atoms with Gasteiger partial charge in [-0.25, -0.2) is 0 Å². The van der Waals surface area contributed by atoms with Crippen LogP contribution in [0.25, 0.3) is 0 Å². The molecule has 0 unspecified atom stereocenters. The molecular weight excluding hydrogens is 242 g/mol. The van der Waals surface area contributed by atoms with E-state index in [1.807, 2.05) is 13.8 Å². The predicted molar refractivity (Wildman–Crippen MR) is 74.9 cm³/mol. The lowest BCUT2D eigenvalue weighted by Gasteiger charge is -2.25. The minimum absolute atomic E-state index is 0.0972. The fourth-order valence-electron chi connectivity index (χ4n) is 2.96. The standard InChI is InChI=1S/C15H27NO3/c1-3-15(4-2,14(18)19)11-13(17)16-10-9-12-7-5-6-8-12/h12H,3-11H2,1-2H3,(H,16,17)(H,18,19). The summed E-state index contributed by atoms with van der Waals surface area (Å²) in [5, 5.41) is 12.2. The lowest BCUT2D eigenvalue weighted by Crippen LogP contribution is -2.37. The molecule has 0 aromatic rings. The summed E-state index contributed by atoms with van der Waals surface area (Å²) in [6, 6.07) is 0. The molecule has 1 rings (SSSR count). The summed E-state index contributed by atoms with van der Waals surface area (Å²) in [6.45, 7) is 4.36. The van der Waals surface area contributed by atoms with Gasteiger partial charge < -0.3 is 10.4 Å². The number of rotatable bonds is 8. The molecule has 4 nitrogen and oxygen atoms in total. The molecule has 4 heteroatoms. The van der Waals surface area contributed by atoms with Gasteiger partial charge in [0, 0.05) is 13.0 Å². The molecule has 1 fully saturated rings. The second-order valence-electron chi connectivity index (χ2n) is 5.76. The first-order chi connectivity index (χ1) is 9.04. The highest BCUT2D eigenvalue weighted by Gasteiger charge is 2.37. The highest BCUT2D eigenvalue weighted by Crippen LogP contribution is 2.31. The van der Waals surface area contributed by atoms with Gasteiger partial charge in [0.15, 0.2) is 0 Å². The van der Waals surface area contributed by atoms with E-state index < -0.39 is 11.4 Å². The van der Waals surface area contributed by atoms with E-state index in [1.165, 1.54) is 25.7 Å². The van der Waals surface area contributed by atoms with Gasteiger partial charge in [0.1, 0.15) is 0 Å². The molecule has 0 heterocycles. The van der Waals surface area contributed by atoms with E-state index in [1.54, 1.807) is 0 Å². The normalized spacial score (nSPS) is 16.5. The van der Waals surface area contributed by atoms with E-state index in [2.05, 4.69) is 5.32 Å². The van der Waals surface area contributed by atoms with Crippen molar-refractivity contribution in [3.05, 3.63) is 0 Å². The van der Waals surface area contributed by atoms with Crippen molar-refractivity contribution in [1.82, 2.24) is 5.32 Å². The maximum absolute atomic E-state index is 11.9. The zero-order valence-corrected chi connectivity index (χ0v) is 12.2. The van der Waals surface area contributed by atoms with E-state index in [0.29, 0.717) is 19.4 Å². The van der Waals surface area contributed by atoms with Gasteiger partial charge in [-0.3, -0.25) is 9.59 Å². The Morgan fingerprint density at radius 1 is 1.21 bits per heavy atom. The van der Waals surface area contributed by atoms with Crippen molar-refractivity contribution in [2.45, 2.75) is 65.2 Å². The first-order valence-corrected chi connectivity index (χ1v) is 7.54. The molecule has 2 N–H and O–H groups in total. The van der Waals surface area contributed by atoms with Crippen LogP contribution in [0.3, 0.4) is 0 Å². The number of hydrogen-bond acceptors (Lipinski definition) is 2. The molecule has 110 valence electrons. The predicted octanol–water partition coefficient (Wildman–Crippen LogP) is 2.96. The smallest absolute Gasteiger partial charge is 0.310 e. The highest BCUT2D eigenvalue weighted by atomic mass is 16.4. The molecule has 1 aliphatic rings.